The second kappa shape index (κ2) is 9.62. The number of amides is 2. The number of rotatable bonds is 4. The highest BCUT2D eigenvalue weighted by Crippen LogP contribution is 2.28. The minimum Gasteiger partial charge on any atom is -0.353 e. The van der Waals surface area contributed by atoms with E-state index in [4.69, 9.17) is 0 Å². The molecule has 138 valence electrons. The van der Waals surface area contributed by atoms with Crippen molar-refractivity contribution < 1.29 is 9.59 Å². The van der Waals surface area contributed by atoms with Crippen molar-refractivity contribution in [2.45, 2.75) is 76.3 Å². The van der Waals surface area contributed by atoms with E-state index in [1.165, 1.54) is 12.8 Å². The molecule has 1 atom stereocenters. The first kappa shape index (κ1) is 19.5. The fraction of sp³-hybridized carbons (Fsp3) is 0.889. The maximum atomic E-state index is 12.4. The highest BCUT2D eigenvalue weighted by molar-refractivity contribution is 5.85. The lowest BCUT2D eigenvalue weighted by Crippen LogP contribution is -2.48. The molecule has 0 aromatic rings. The van der Waals surface area contributed by atoms with Gasteiger partial charge in [-0.15, -0.1) is 12.4 Å². The molecule has 3 fully saturated rings. The summed E-state index contributed by atoms with van der Waals surface area (Å²) in [6.45, 7) is 1.97. The summed E-state index contributed by atoms with van der Waals surface area (Å²) >= 11 is 0. The van der Waals surface area contributed by atoms with Crippen molar-refractivity contribution in [1.82, 2.24) is 16.0 Å². The first-order chi connectivity index (χ1) is 11.2. The van der Waals surface area contributed by atoms with Crippen molar-refractivity contribution in [2.24, 2.45) is 11.8 Å². The van der Waals surface area contributed by atoms with Crippen LogP contribution in [0.4, 0.5) is 0 Å². The molecule has 1 heterocycles. The van der Waals surface area contributed by atoms with Crippen molar-refractivity contribution >= 4 is 24.2 Å². The maximum Gasteiger partial charge on any atom is 0.223 e. The Morgan fingerprint density at radius 1 is 0.708 bits per heavy atom. The van der Waals surface area contributed by atoms with E-state index in [2.05, 4.69) is 16.0 Å². The zero-order valence-electron chi connectivity index (χ0n) is 14.5. The highest BCUT2D eigenvalue weighted by Gasteiger charge is 2.30. The monoisotopic (exact) mass is 357 g/mol. The Hall–Kier alpha value is -0.810. The number of piperidine rings is 1. The number of halogens is 1. The van der Waals surface area contributed by atoms with Crippen LogP contribution in [0.1, 0.15) is 64.2 Å². The molecule has 0 radical (unpaired) electrons. The number of hydrogen-bond donors (Lipinski definition) is 3. The zero-order chi connectivity index (χ0) is 16.1. The first-order valence-electron chi connectivity index (χ1n) is 9.54. The minimum absolute atomic E-state index is 0. The van der Waals surface area contributed by atoms with Crippen LogP contribution in [0.3, 0.4) is 0 Å². The van der Waals surface area contributed by atoms with Crippen molar-refractivity contribution in [1.29, 1.82) is 0 Å². The molecule has 0 aromatic carbocycles. The lowest BCUT2D eigenvalue weighted by atomic mass is 9.85. The van der Waals surface area contributed by atoms with Crippen LogP contribution in [-0.2, 0) is 9.59 Å². The van der Waals surface area contributed by atoms with Gasteiger partial charge in [-0.2, -0.15) is 0 Å². The van der Waals surface area contributed by atoms with Gasteiger partial charge < -0.3 is 16.0 Å². The van der Waals surface area contributed by atoms with Crippen molar-refractivity contribution in [3.05, 3.63) is 0 Å². The van der Waals surface area contributed by atoms with Gasteiger partial charge in [0.05, 0.1) is 0 Å². The fourth-order valence-corrected chi connectivity index (χ4v) is 4.30. The van der Waals surface area contributed by atoms with E-state index in [9.17, 15) is 9.59 Å². The van der Waals surface area contributed by atoms with Crippen molar-refractivity contribution in [3.8, 4) is 0 Å². The summed E-state index contributed by atoms with van der Waals surface area (Å²) in [6, 6.07) is 0.583. The molecule has 1 unspecified atom stereocenters. The number of carbonyl (C=O) groups is 2. The normalized spacial score (nSPS) is 31.1. The third-order valence-electron chi connectivity index (χ3n) is 5.81. The lowest BCUT2D eigenvalue weighted by molar-refractivity contribution is -0.127. The van der Waals surface area contributed by atoms with Gasteiger partial charge in [0.1, 0.15) is 0 Å². The number of nitrogens with one attached hydrogen (secondary N) is 3. The highest BCUT2D eigenvalue weighted by atomic mass is 35.5. The quantitative estimate of drug-likeness (QED) is 0.722. The van der Waals surface area contributed by atoms with Gasteiger partial charge >= 0.3 is 0 Å². The van der Waals surface area contributed by atoms with Gasteiger partial charge in [0.15, 0.2) is 0 Å². The average molecular weight is 358 g/mol. The maximum absolute atomic E-state index is 12.4. The molecule has 2 aliphatic carbocycles. The third-order valence-corrected chi connectivity index (χ3v) is 5.81. The van der Waals surface area contributed by atoms with E-state index in [1.807, 2.05) is 0 Å². The standard InChI is InChI=1S/C18H31N3O2.ClH/c22-17(13-4-1-2-5-13)20-15-9-7-14(8-10-15)18(23)21-16-6-3-11-19-12-16;/h13-16,19H,1-12H2,(H,20,22)(H,21,23);1H. The van der Waals surface area contributed by atoms with E-state index < -0.39 is 0 Å². The Bertz CT molecular complexity index is 412. The van der Waals surface area contributed by atoms with Gasteiger partial charge in [-0.25, -0.2) is 0 Å². The average Bonchev–Trinajstić information content (AvgIpc) is 3.11. The molecule has 2 amide bonds. The molecular weight excluding hydrogens is 326 g/mol. The van der Waals surface area contributed by atoms with Crippen LogP contribution in [0, 0.1) is 11.8 Å². The smallest absolute Gasteiger partial charge is 0.223 e. The van der Waals surface area contributed by atoms with Crippen LogP contribution in [-0.4, -0.2) is 37.0 Å². The SMILES string of the molecule is Cl.O=C(NC1CCC(C(=O)NC2CCCNC2)CC1)C1CCCC1. The van der Waals surface area contributed by atoms with E-state index >= 15 is 0 Å². The van der Waals surface area contributed by atoms with Crippen LogP contribution in [0.5, 0.6) is 0 Å². The van der Waals surface area contributed by atoms with E-state index in [0.717, 1.165) is 64.5 Å². The van der Waals surface area contributed by atoms with Gasteiger partial charge in [0.2, 0.25) is 11.8 Å². The molecule has 1 saturated heterocycles. The summed E-state index contributed by atoms with van der Waals surface area (Å²) in [7, 11) is 0. The molecule has 5 nitrogen and oxygen atoms in total. The van der Waals surface area contributed by atoms with Crippen molar-refractivity contribution in [3.63, 3.8) is 0 Å². The lowest BCUT2D eigenvalue weighted by Gasteiger charge is -2.31. The summed E-state index contributed by atoms with van der Waals surface area (Å²) in [4.78, 5) is 24.6. The largest absolute Gasteiger partial charge is 0.353 e. The molecule has 1 aliphatic heterocycles. The van der Waals surface area contributed by atoms with Gasteiger partial charge in [-0.3, -0.25) is 9.59 Å². The molecule has 3 aliphatic rings. The molecule has 3 rings (SSSR count). The van der Waals surface area contributed by atoms with Crippen LogP contribution < -0.4 is 16.0 Å². The third kappa shape index (κ3) is 5.35. The van der Waals surface area contributed by atoms with E-state index in [-0.39, 0.29) is 42.1 Å². The Morgan fingerprint density at radius 3 is 1.88 bits per heavy atom. The zero-order valence-corrected chi connectivity index (χ0v) is 15.3. The summed E-state index contributed by atoms with van der Waals surface area (Å²) in [5, 5.41) is 9.76. The molecule has 0 bridgehead atoms. The molecular formula is C18H32ClN3O2. The molecule has 6 heteroatoms. The number of hydrogen-bond acceptors (Lipinski definition) is 3. The van der Waals surface area contributed by atoms with Gasteiger partial charge in [0, 0.05) is 30.5 Å². The van der Waals surface area contributed by atoms with E-state index in [0.29, 0.717) is 6.04 Å². The van der Waals surface area contributed by atoms with E-state index in [1.54, 1.807) is 0 Å². The molecule has 2 saturated carbocycles. The van der Waals surface area contributed by atoms with Gasteiger partial charge in [-0.1, -0.05) is 12.8 Å². The second-order valence-corrected chi connectivity index (χ2v) is 7.59. The Morgan fingerprint density at radius 2 is 1.29 bits per heavy atom. The fourth-order valence-electron chi connectivity index (χ4n) is 4.30. The van der Waals surface area contributed by atoms with Gasteiger partial charge in [-0.05, 0) is 57.9 Å². The van der Waals surface area contributed by atoms with Gasteiger partial charge in [0.25, 0.3) is 0 Å². The van der Waals surface area contributed by atoms with Crippen LogP contribution in [0.25, 0.3) is 0 Å². The van der Waals surface area contributed by atoms with Crippen molar-refractivity contribution in [2.75, 3.05) is 13.1 Å². The first-order valence-corrected chi connectivity index (χ1v) is 9.54. The molecule has 0 spiro atoms. The Balaban J connectivity index is 0.00000208. The molecule has 0 aromatic heterocycles. The molecule has 3 N–H and O–H groups in total. The van der Waals surface area contributed by atoms with Crippen LogP contribution in [0.2, 0.25) is 0 Å². The van der Waals surface area contributed by atoms with Crippen LogP contribution in [0.15, 0.2) is 0 Å². The minimum atomic E-state index is 0. The Labute approximate surface area is 151 Å². The predicted molar refractivity (Wildman–Crippen MR) is 97.1 cm³/mol. The summed E-state index contributed by atoms with van der Waals surface area (Å²) in [5.74, 6) is 0.856. The number of carbonyl (C=O) groups excluding carboxylic acids is 2. The predicted octanol–water partition coefficient (Wildman–Crippen LogP) is 2.14. The van der Waals surface area contributed by atoms with Crippen LogP contribution >= 0.6 is 12.4 Å². The second-order valence-electron chi connectivity index (χ2n) is 7.59. The summed E-state index contributed by atoms with van der Waals surface area (Å²) in [6.07, 6.45) is 10.4. The summed E-state index contributed by atoms with van der Waals surface area (Å²) in [5.41, 5.74) is 0. The Kier molecular flexibility index (Phi) is 7.82. The molecule has 24 heavy (non-hydrogen) atoms. The topological polar surface area (TPSA) is 70.2 Å². The summed E-state index contributed by atoms with van der Waals surface area (Å²) < 4.78 is 0.